The van der Waals surface area contributed by atoms with Crippen LogP contribution in [0.4, 0.5) is 4.79 Å². The van der Waals surface area contributed by atoms with Gasteiger partial charge in [-0.2, -0.15) is 0 Å². The van der Waals surface area contributed by atoms with Gasteiger partial charge < -0.3 is 5.73 Å². The SMILES string of the molecule is CCCCC[N]C(N)=O. The average Bonchev–Trinajstić information content (AvgIpc) is 1.80. The lowest BCUT2D eigenvalue weighted by molar-refractivity contribution is 0.248. The van der Waals surface area contributed by atoms with Crippen molar-refractivity contribution >= 4 is 6.03 Å². The van der Waals surface area contributed by atoms with E-state index in [-0.39, 0.29) is 0 Å². The molecule has 53 valence electrons. The van der Waals surface area contributed by atoms with E-state index in [1.807, 2.05) is 0 Å². The van der Waals surface area contributed by atoms with E-state index in [9.17, 15) is 4.79 Å². The van der Waals surface area contributed by atoms with Gasteiger partial charge in [0.1, 0.15) is 0 Å². The van der Waals surface area contributed by atoms with Crippen LogP contribution in [0.3, 0.4) is 0 Å². The maximum Gasteiger partial charge on any atom is 0.333 e. The summed E-state index contributed by atoms with van der Waals surface area (Å²) in [5, 5.41) is 3.50. The number of amides is 2. The monoisotopic (exact) mass is 129 g/mol. The first-order valence-electron chi connectivity index (χ1n) is 3.24. The maximum absolute atomic E-state index is 10.0. The fourth-order valence-electron chi connectivity index (χ4n) is 0.551. The first-order chi connectivity index (χ1) is 4.27. The highest BCUT2D eigenvalue weighted by Crippen LogP contribution is 1.90. The second kappa shape index (κ2) is 5.41. The Hall–Kier alpha value is -0.730. The topological polar surface area (TPSA) is 57.2 Å². The van der Waals surface area contributed by atoms with E-state index in [1.54, 1.807) is 0 Å². The van der Waals surface area contributed by atoms with Crippen molar-refractivity contribution in [1.29, 1.82) is 0 Å². The summed E-state index contributed by atoms with van der Waals surface area (Å²) in [5.74, 6) is 0. The van der Waals surface area contributed by atoms with E-state index in [0.29, 0.717) is 6.54 Å². The number of rotatable bonds is 4. The first-order valence-corrected chi connectivity index (χ1v) is 3.24. The standard InChI is InChI=1S/C6H13N2O/c1-2-3-4-5-8-6(7)9/h2-5H2,1H3,(H2,7,9). The summed E-state index contributed by atoms with van der Waals surface area (Å²) in [6.07, 6.45) is 3.24. The van der Waals surface area contributed by atoms with Gasteiger partial charge in [-0.1, -0.05) is 19.8 Å². The van der Waals surface area contributed by atoms with Crippen LogP contribution < -0.4 is 11.1 Å². The van der Waals surface area contributed by atoms with E-state index < -0.39 is 6.03 Å². The van der Waals surface area contributed by atoms with Crippen LogP contribution in [-0.2, 0) is 0 Å². The molecule has 0 aromatic heterocycles. The number of nitrogens with zero attached hydrogens (tertiary/aromatic N) is 1. The number of primary amides is 1. The molecule has 2 N–H and O–H groups in total. The van der Waals surface area contributed by atoms with Crippen LogP contribution in [0, 0.1) is 0 Å². The van der Waals surface area contributed by atoms with Crippen LogP contribution in [0.5, 0.6) is 0 Å². The zero-order chi connectivity index (χ0) is 7.11. The number of carbonyl (C=O) groups is 1. The van der Waals surface area contributed by atoms with Crippen LogP contribution in [0.25, 0.3) is 0 Å². The summed E-state index contributed by atoms with van der Waals surface area (Å²) in [7, 11) is 0. The average molecular weight is 129 g/mol. The number of unbranched alkanes of at least 4 members (excludes halogenated alkanes) is 2. The Bertz CT molecular complexity index is 83.1. The highest BCUT2D eigenvalue weighted by Gasteiger charge is 1.91. The second-order valence-corrected chi connectivity index (χ2v) is 1.93. The quantitative estimate of drug-likeness (QED) is 0.562. The van der Waals surface area contributed by atoms with Crippen molar-refractivity contribution in [3.63, 3.8) is 0 Å². The van der Waals surface area contributed by atoms with Crippen molar-refractivity contribution in [3.8, 4) is 0 Å². The number of nitrogens with two attached hydrogens (primary N) is 1. The van der Waals surface area contributed by atoms with Crippen LogP contribution in [-0.4, -0.2) is 12.6 Å². The van der Waals surface area contributed by atoms with E-state index in [0.717, 1.165) is 19.3 Å². The summed E-state index contributed by atoms with van der Waals surface area (Å²) < 4.78 is 0. The Labute approximate surface area is 55.6 Å². The third-order valence-corrected chi connectivity index (χ3v) is 1.03. The molecular weight excluding hydrogens is 116 g/mol. The minimum absolute atomic E-state index is 0.550. The molecule has 9 heavy (non-hydrogen) atoms. The summed E-state index contributed by atoms with van der Waals surface area (Å²) in [6, 6.07) is -0.550. The van der Waals surface area contributed by atoms with E-state index in [2.05, 4.69) is 12.2 Å². The predicted octanol–water partition coefficient (Wildman–Crippen LogP) is 0.860. The van der Waals surface area contributed by atoms with Crippen molar-refractivity contribution in [1.82, 2.24) is 5.32 Å². The fraction of sp³-hybridized carbons (Fsp3) is 0.833. The molecule has 0 aromatic carbocycles. The van der Waals surface area contributed by atoms with E-state index in [1.165, 1.54) is 0 Å². The minimum Gasteiger partial charge on any atom is -0.350 e. The summed E-state index contributed by atoms with van der Waals surface area (Å²) in [6.45, 7) is 2.69. The Balaban J connectivity index is 2.83. The molecule has 0 aromatic rings. The van der Waals surface area contributed by atoms with Gasteiger partial charge in [-0.25, -0.2) is 10.1 Å². The number of hydrogen-bond donors (Lipinski definition) is 1. The van der Waals surface area contributed by atoms with Gasteiger partial charge in [0.2, 0.25) is 0 Å². The Morgan fingerprint density at radius 2 is 2.22 bits per heavy atom. The van der Waals surface area contributed by atoms with Gasteiger partial charge >= 0.3 is 6.03 Å². The zero-order valence-corrected chi connectivity index (χ0v) is 5.76. The molecule has 0 atom stereocenters. The molecule has 0 bridgehead atoms. The third-order valence-electron chi connectivity index (χ3n) is 1.03. The molecule has 0 saturated carbocycles. The highest BCUT2D eigenvalue weighted by molar-refractivity contribution is 5.71. The predicted molar refractivity (Wildman–Crippen MR) is 36.1 cm³/mol. The van der Waals surface area contributed by atoms with Crippen molar-refractivity contribution < 1.29 is 4.79 Å². The molecule has 3 heteroatoms. The van der Waals surface area contributed by atoms with E-state index >= 15 is 0 Å². The van der Waals surface area contributed by atoms with Crippen molar-refractivity contribution in [2.45, 2.75) is 26.2 Å². The first kappa shape index (κ1) is 8.27. The summed E-state index contributed by atoms with van der Waals surface area (Å²) >= 11 is 0. The lowest BCUT2D eigenvalue weighted by Gasteiger charge is -1.94. The molecular formula is C6H13N2O. The number of urea groups is 1. The summed E-state index contributed by atoms with van der Waals surface area (Å²) in [4.78, 5) is 10.0. The van der Waals surface area contributed by atoms with Crippen LogP contribution in [0.1, 0.15) is 26.2 Å². The number of carbonyl (C=O) groups excluding carboxylic acids is 1. The van der Waals surface area contributed by atoms with E-state index in [4.69, 9.17) is 5.73 Å². The van der Waals surface area contributed by atoms with Gasteiger partial charge in [-0.05, 0) is 6.42 Å². The Morgan fingerprint density at radius 1 is 1.56 bits per heavy atom. The molecule has 1 radical (unpaired) electrons. The number of hydrogen-bond acceptors (Lipinski definition) is 1. The van der Waals surface area contributed by atoms with Crippen LogP contribution in [0.15, 0.2) is 0 Å². The van der Waals surface area contributed by atoms with Crippen molar-refractivity contribution in [3.05, 3.63) is 0 Å². The maximum atomic E-state index is 10.0. The van der Waals surface area contributed by atoms with Gasteiger partial charge in [0.25, 0.3) is 0 Å². The molecule has 0 heterocycles. The smallest absolute Gasteiger partial charge is 0.333 e. The lowest BCUT2D eigenvalue weighted by Crippen LogP contribution is -2.23. The minimum atomic E-state index is -0.550. The molecule has 0 aliphatic rings. The largest absolute Gasteiger partial charge is 0.350 e. The molecule has 0 saturated heterocycles. The zero-order valence-electron chi connectivity index (χ0n) is 5.76. The van der Waals surface area contributed by atoms with Crippen LogP contribution >= 0.6 is 0 Å². The van der Waals surface area contributed by atoms with Gasteiger partial charge in [0.05, 0.1) is 0 Å². The van der Waals surface area contributed by atoms with Crippen LogP contribution in [0.2, 0.25) is 0 Å². The molecule has 0 fully saturated rings. The van der Waals surface area contributed by atoms with Gasteiger partial charge in [-0.15, -0.1) is 0 Å². The van der Waals surface area contributed by atoms with Crippen molar-refractivity contribution in [2.75, 3.05) is 6.54 Å². The molecule has 0 aliphatic carbocycles. The van der Waals surface area contributed by atoms with Gasteiger partial charge in [0.15, 0.2) is 0 Å². The second-order valence-electron chi connectivity index (χ2n) is 1.93. The molecule has 0 unspecified atom stereocenters. The fourth-order valence-corrected chi connectivity index (χ4v) is 0.551. The molecule has 3 nitrogen and oxygen atoms in total. The molecule has 0 spiro atoms. The van der Waals surface area contributed by atoms with Crippen molar-refractivity contribution in [2.24, 2.45) is 5.73 Å². The normalized spacial score (nSPS) is 9.00. The van der Waals surface area contributed by atoms with Gasteiger partial charge in [0, 0.05) is 6.54 Å². The molecule has 2 amide bonds. The summed E-state index contributed by atoms with van der Waals surface area (Å²) in [5.41, 5.74) is 4.77. The highest BCUT2D eigenvalue weighted by atomic mass is 16.2. The molecule has 0 rings (SSSR count). The third kappa shape index (κ3) is 7.27. The lowest BCUT2D eigenvalue weighted by atomic mass is 10.2. The Morgan fingerprint density at radius 3 is 2.67 bits per heavy atom. The molecule has 0 aliphatic heterocycles. The Kier molecular flexibility index (Phi) is 4.97. The van der Waals surface area contributed by atoms with Gasteiger partial charge in [-0.3, -0.25) is 0 Å².